The molecule has 2 amide bonds. The number of amides is 2. The summed E-state index contributed by atoms with van der Waals surface area (Å²) in [6.07, 6.45) is 0.0833. The van der Waals surface area contributed by atoms with Gasteiger partial charge in [-0.3, -0.25) is 5.32 Å². The van der Waals surface area contributed by atoms with Gasteiger partial charge in [-0.15, -0.1) is 0 Å². The molecule has 1 aromatic rings. The predicted molar refractivity (Wildman–Crippen MR) is 61.4 cm³/mol. The number of benzene rings is 1. The Balaban J connectivity index is 2.78. The van der Waals surface area contributed by atoms with Crippen molar-refractivity contribution in [2.75, 3.05) is 0 Å². The Hall–Kier alpha value is -2.55. The van der Waals surface area contributed by atoms with Crippen LogP contribution in [0.2, 0.25) is 0 Å². The van der Waals surface area contributed by atoms with Crippen molar-refractivity contribution in [1.82, 2.24) is 5.32 Å². The zero-order chi connectivity index (χ0) is 12.7. The highest BCUT2D eigenvalue weighted by atomic mass is 16.4. The lowest BCUT2D eigenvalue weighted by molar-refractivity contribution is 0.251. The van der Waals surface area contributed by atoms with Crippen molar-refractivity contribution in [1.29, 1.82) is 5.26 Å². The first kappa shape index (κ1) is 12.5. The monoisotopic (exact) mass is 232 g/mol. The third kappa shape index (κ3) is 3.83. The summed E-state index contributed by atoms with van der Waals surface area (Å²) in [5.74, 6) is -0.540. The lowest BCUT2D eigenvalue weighted by atomic mass is 9.97. The number of nitriles is 1. The first-order chi connectivity index (χ1) is 8.17. The summed E-state index contributed by atoms with van der Waals surface area (Å²) in [6, 6.07) is 10.3. The molecule has 6 heteroatoms. The molecule has 17 heavy (non-hydrogen) atoms. The maximum atomic E-state index is 10.6. The van der Waals surface area contributed by atoms with Crippen LogP contribution in [0.4, 0.5) is 4.79 Å². The maximum Gasteiger partial charge on any atom is 0.317 e. The van der Waals surface area contributed by atoms with Gasteiger partial charge in [-0.1, -0.05) is 35.5 Å². The molecule has 1 atom stereocenters. The fourth-order valence-corrected chi connectivity index (χ4v) is 1.38. The SMILES string of the molecule is N#CC(CC(=NO)NC(N)=O)c1ccccc1. The van der Waals surface area contributed by atoms with Gasteiger partial charge in [0.25, 0.3) is 0 Å². The van der Waals surface area contributed by atoms with Gasteiger partial charge in [-0.05, 0) is 5.56 Å². The topological polar surface area (TPSA) is 112 Å². The van der Waals surface area contributed by atoms with Gasteiger partial charge < -0.3 is 10.9 Å². The van der Waals surface area contributed by atoms with E-state index in [9.17, 15) is 4.79 Å². The minimum atomic E-state index is -0.831. The van der Waals surface area contributed by atoms with Crippen LogP contribution in [0, 0.1) is 11.3 Å². The zero-order valence-corrected chi connectivity index (χ0v) is 9.00. The van der Waals surface area contributed by atoms with E-state index in [0.717, 1.165) is 5.56 Å². The number of nitrogens with two attached hydrogens (primary N) is 1. The molecular formula is C11H12N4O2. The molecule has 1 aromatic carbocycles. The fourth-order valence-electron chi connectivity index (χ4n) is 1.38. The molecule has 4 N–H and O–H groups in total. The highest BCUT2D eigenvalue weighted by Crippen LogP contribution is 2.18. The number of amidine groups is 1. The largest absolute Gasteiger partial charge is 0.409 e. The summed E-state index contributed by atoms with van der Waals surface area (Å²) in [7, 11) is 0. The third-order valence-corrected chi connectivity index (χ3v) is 2.14. The number of hydrogen-bond acceptors (Lipinski definition) is 4. The minimum absolute atomic E-state index is 0.0343. The van der Waals surface area contributed by atoms with Gasteiger partial charge in [0.05, 0.1) is 12.0 Å². The molecular weight excluding hydrogens is 220 g/mol. The van der Waals surface area contributed by atoms with Crippen LogP contribution in [0.3, 0.4) is 0 Å². The molecule has 1 unspecified atom stereocenters. The van der Waals surface area contributed by atoms with E-state index in [1.54, 1.807) is 24.3 Å². The summed E-state index contributed by atoms with van der Waals surface area (Å²) >= 11 is 0. The molecule has 0 heterocycles. The molecule has 0 saturated heterocycles. The second-order valence-corrected chi connectivity index (χ2v) is 3.33. The molecule has 0 spiro atoms. The van der Waals surface area contributed by atoms with Crippen molar-refractivity contribution in [3.8, 4) is 6.07 Å². The summed E-state index contributed by atoms with van der Waals surface area (Å²) in [4.78, 5) is 10.6. The first-order valence-corrected chi connectivity index (χ1v) is 4.89. The highest BCUT2D eigenvalue weighted by molar-refractivity contribution is 5.96. The van der Waals surface area contributed by atoms with E-state index < -0.39 is 11.9 Å². The Morgan fingerprint density at radius 3 is 2.65 bits per heavy atom. The van der Waals surface area contributed by atoms with E-state index in [0.29, 0.717) is 0 Å². The van der Waals surface area contributed by atoms with Crippen LogP contribution < -0.4 is 11.1 Å². The van der Waals surface area contributed by atoms with Gasteiger partial charge in [0.2, 0.25) is 0 Å². The predicted octanol–water partition coefficient (Wildman–Crippen LogP) is 1.14. The smallest absolute Gasteiger partial charge is 0.317 e. The lowest BCUT2D eigenvalue weighted by Gasteiger charge is -2.10. The number of rotatable bonds is 3. The van der Waals surface area contributed by atoms with E-state index in [-0.39, 0.29) is 12.3 Å². The molecule has 0 aromatic heterocycles. The number of nitrogens with one attached hydrogen (secondary N) is 1. The fraction of sp³-hybridized carbons (Fsp3) is 0.182. The molecule has 0 radical (unpaired) electrons. The van der Waals surface area contributed by atoms with Crippen molar-refractivity contribution in [2.45, 2.75) is 12.3 Å². The van der Waals surface area contributed by atoms with Crippen molar-refractivity contribution in [2.24, 2.45) is 10.9 Å². The molecule has 0 fully saturated rings. The third-order valence-electron chi connectivity index (χ3n) is 2.14. The van der Waals surface area contributed by atoms with E-state index in [1.165, 1.54) is 0 Å². The quantitative estimate of drug-likeness (QED) is 0.314. The van der Waals surface area contributed by atoms with E-state index in [4.69, 9.17) is 16.2 Å². The highest BCUT2D eigenvalue weighted by Gasteiger charge is 2.15. The number of primary amides is 1. The van der Waals surface area contributed by atoms with Gasteiger partial charge in [-0.25, -0.2) is 4.79 Å². The number of nitrogens with zero attached hydrogens (tertiary/aromatic N) is 2. The molecule has 0 saturated carbocycles. The normalized spacial score (nSPS) is 12.5. The van der Waals surface area contributed by atoms with Gasteiger partial charge in [0.15, 0.2) is 5.84 Å². The molecule has 0 aliphatic carbocycles. The second kappa shape index (κ2) is 6.12. The molecule has 0 aliphatic rings. The maximum absolute atomic E-state index is 10.6. The van der Waals surface area contributed by atoms with Crippen LogP contribution in [0.5, 0.6) is 0 Å². The molecule has 0 bridgehead atoms. The Morgan fingerprint density at radius 1 is 1.53 bits per heavy atom. The average molecular weight is 232 g/mol. The number of carbonyl (C=O) groups is 1. The van der Waals surface area contributed by atoms with Gasteiger partial charge in [-0.2, -0.15) is 5.26 Å². The van der Waals surface area contributed by atoms with E-state index in [1.807, 2.05) is 6.07 Å². The molecule has 0 aliphatic heterocycles. The number of urea groups is 1. The lowest BCUT2D eigenvalue weighted by Crippen LogP contribution is -2.35. The van der Waals surface area contributed by atoms with Gasteiger partial charge in [0.1, 0.15) is 0 Å². The van der Waals surface area contributed by atoms with Crippen LogP contribution in [0.25, 0.3) is 0 Å². The van der Waals surface area contributed by atoms with Gasteiger partial charge in [0, 0.05) is 6.42 Å². The summed E-state index contributed by atoms with van der Waals surface area (Å²) in [6.45, 7) is 0. The Morgan fingerprint density at radius 2 is 2.18 bits per heavy atom. The van der Waals surface area contributed by atoms with Crippen molar-refractivity contribution in [3.05, 3.63) is 35.9 Å². The van der Waals surface area contributed by atoms with E-state index in [2.05, 4.69) is 16.5 Å². The summed E-state index contributed by atoms with van der Waals surface area (Å²) < 4.78 is 0. The Bertz CT molecular complexity index is 450. The standard InChI is InChI=1S/C11H12N4O2/c12-7-9(8-4-2-1-3-5-8)6-10(15-17)14-11(13)16/h1-5,9,17H,6H2,(H3,13,14,15,16). The summed E-state index contributed by atoms with van der Waals surface area (Å²) in [5.41, 5.74) is 5.68. The van der Waals surface area contributed by atoms with Crippen molar-refractivity contribution in [3.63, 3.8) is 0 Å². The molecule has 88 valence electrons. The molecule has 1 rings (SSSR count). The number of hydrogen-bond donors (Lipinski definition) is 3. The van der Waals surface area contributed by atoms with Crippen LogP contribution in [0.1, 0.15) is 17.9 Å². The number of oxime groups is 1. The van der Waals surface area contributed by atoms with E-state index >= 15 is 0 Å². The van der Waals surface area contributed by atoms with Crippen LogP contribution in [0.15, 0.2) is 35.5 Å². The molecule has 6 nitrogen and oxygen atoms in total. The van der Waals surface area contributed by atoms with Crippen molar-refractivity contribution < 1.29 is 10.0 Å². The van der Waals surface area contributed by atoms with Crippen LogP contribution in [-0.4, -0.2) is 17.1 Å². The summed E-state index contributed by atoms with van der Waals surface area (Å²) in [5, 5.41) is 22.7. The zero-order valence-electron chi connectivity index (χ0n) is 9.00. The van der Waals surface area contributed by atoms with Gasteiger partial charge >= 0.3 is 6.03 Å². The van der Waals surface area contributed by atoms with Crippen LogP contribution >= 0.6 is 0 Å². The second-order valence-electron chi connectivity index (χ2n) is 3.33. The van der Waals surface area contributed by atoms with Crippen LogP contribution in [-0.2, 0) is 0 Å². The Labute approximate surface area is 98.3 Å². The first-order valence-electron chi connectivity index (χ1n) is 4.89. The average Bonchev–Trinajstić information content (AvgIpc) is 2.35. The van der Waals surface area contributed by atoms with Crippen molar-refractivity contribution >= 4 is 11.9 Å². The number of carbonyl (C=O) groups excluding carboxylic acids is 1. The minimum Gasteiger partial charge on any atom is -0.409 e. The Kier molecular flexibility index (Phi) is 4.51.